The molecule has 0 aliphatic heterocycles. The highest BCUT2D eigenvalue weighted by Gasteiger charge is 2.30. The van der Waals surface area contributed by atoms with Gasteiger partial charge >= 0.3 is 39.5 Å². The minimum absolute atomic E-state index is 0.0988. The summed E-state index contributed by atoms with van der Waals surface area (Å²) >= 11 is 0. The number of esters is 4. The summed E-state index contributed by atoms with van der Waals surface area (Å²) in [6.45, 7) is 11.7. The number of rotatable bonds is 70. The van der Waals surface area contributed by atoms with Gasteiger partial charge in [0.2, 0.25) is 0 Å². The molecule has 0 heterocycles. The fourth-order valence-corrected chi connectivity index (χ4v) is 12.3. The SMILES string of the molecule is CCCCCC/C=C\C=C/CCCCCCCC(=O)OC[C@H](COP(=O)(O)OCC(O)COP(=O)(O)OC[C@@H](COC(=O)CCCCCCCCCC(C)C)OC(=O)CCCCCCCCC(C)C)OC(=O)CCCCCCCCCCCCCCCCCCC(C)C. The Bertz CT molecular complexity index is 1910. The smallest absolute Gasteiger partial charge is 0.462 e. The highest BCUT2D eigenvalue weighted by molar-refractivity contribution is 7.47. The molecule has 0 bridgehead atoms. The Labute approximate surface area is 567 Å². The summed E-state index contributed by atoms with van der Waals surface area (Å²) in [5, 5.41) is 10.6. The molecule has 0 rings (SSSR count). The standard InChI is InChI=1S/C74H140O17P2/c1-8-9-10-11-12-13-14-15-18-22-25-28-33-41-48-55-71(76)84-61-69(90-73(78)57-50-43-34-29-26-23-20-17-16-19-21-24-27-31-38-45-52-65(2)3)63-88-92(80,81)86-59-68(75)60-87-93(82,83)89-64-70(91-74(79)58-51-44-37-36-40-47-54-67(6)7)62-85-72(77)56-49-42-35-30-32-39-46-53-66(4)5/h13-15,18,65-70,75H,8-12,16-17,19-64H2,1-7H3,(H,80,81)(H,82,83)/b14-13-,18-15-/t68?,69-,70-/m1/s1. The predicted molar refractivity (Wildman–Crippen MR) is 377 cm³/mol. The Hall–Kier alpha value is -2.46. The lowest BCUT2D eigenvalue weighted by atomic mass is 10.0. The zero-order valence-electron chi connectivity index (χ0n) is 60.2. The van der Waals surface area contributed by atoms with Crippen molar-refractivity contribution < 1.29 is 80.2 Å². The number of aliphatic hydroxyl groups is 1. The predicted octanol–water partition coefficient (Wildman–Crippen LogP) is 21.0. The molecule has 5 atom stereocenters. The van der Waals surface area contributed by atoms with Crippen LogP contribution < -0.4 is 0 Å². The number of ether oxygens (including phenoxy) is 4. The van der Waals surface area contributed by atoms with E-state index < -0.39 is 97.5 Å². The zero-order valence-corrected chi connectivity index (χ0v) is 62.0. The third-order valence-electron chi connectivity index (χ3n) is 16.5. The molecule has 3 N–H and O–H groups in total. The molecule has 19 heteroatoms. The Balaban J connectivity index is 5.24. The third-order valence-corrected chi connectivity index (χ3v) is 18.4. The van der Waals surface area contributed by atoms with E-state index in [1.807, 2.05) is 0 Å². The van der Waals surface area contributed by atoms with Crippen LogP contribution in [0.1, 0.15) is 350 Å². The topological polar surface area (TPSA) is 237 Å². The monoisotopic (exact) mass is 1360 g/mol. The van der Waals surface area contributed by atoms with Gasteiger partial charge in [-0.15, -0.1) is 0 Å². The minimum Gasteiger partial charge on any atom is -0.462 e. The second kappa shape index (κ2) is 64.2. The lowest BCUT2D eigenvalue weighted by molar-refractivity contribution is -0.161. The van der Waals surface area contributed by atoms with E-state index in [9.17, 15) is 43.2 Å². The van der Waals surface area contributed by atoms with Crippen molar-refractivity contribution in [2.24, 2.45) is 17.8 Å². The third kappa shape index (κ3) is 67.9. The van der Waals surface area contributed by atoms with E-state index in [4.69, 9.17) is 37.0 Å². The maximum atomic E-state index is 13.1. The first-order chi connectivity index (χ1) is 44.7. The number of hydrogen-bond acceptors (Lipinski definition) is 15. The molecular formula is C74H140O17P2. The highest BCUT2D eigenvalue weighted by atomic mass is 31.2. The lowest BCUT2D eigenvalue weighted by Crippen LogP contribution is -2.30. The fourth-order valence-electron chi connectivity index (χ4n) is 10.7. The van der Waals surface area contributed by atoms with Crippen LogP contribution in [0.2, 0.25) is 0 Å². The average molecular weight is 1360 g/mol. The Kier molecular flexibility index (Phi) is 62.5. The van der Waals surface area contributed by atoms with Gasteiger partial charge in [0.1, 0.15) is 19.3 Å². The van der Waals surface area contributed by atoms with Crippen molar-refractivity contribution in [1.82, 2.24) is 0 Å². The molecule has 0 aliphatic carbocycles. The summed E-state index contributed by atoms with van der Waals surface area (Å²) in [5.74, 6) is 0.0211. The van der Waals surface area contributed by atoms with Gasteiger partial charge in [-0.3, -0.25) is 37.3 Å². The summed E-state index contributed by atoms with van der Waals surface area (Å²) in [6, 6.07) is 0. The van der Waals surface area contributed by atoms with Crippen LogP contribution in [0, 0.1) is 17.8 Å². The van der Waals surface area contributed by atoms with Crippen LogP contribution >= 0.6 is 15.6 Å². The average Bonchev–Trinajstić information content (AvgIpc) is 1.55. The summed E-state index contributed by atoms with van der Waals surface area (Å²) in [5.41, 5.74) is 0. The van der Waals surface area contributed by atoms with Gasteiger partial charge in [0, 0.05) is 25.7 Å². The summed E-state index contributed by atoms with van der Waals surface area (Å²) in [4.78, 5) is 72.6. The van der Waals surface area contributed by atoms with E-state index >= 15 is 0 Å². The highest BCUT2D eigenvalue weighted by Crippen LogP contribution is 2.45. The van der Waals surface area contributed by atoms with Crippen LogP contribution in [0.5, 0.6) is 0 Å². The molecule has 0 spiro atoms. The first-order valence-corrected chi connectivity index (χ1v) is 40.7. The Morgan fingerprint density at radius 2 is 0.581 bits per heavy atom. The largest absolute Gasteiger partial charge is 0.472 e. The molecule has 0 aliphatic rings. The number of aliphatic hydroxyl groups excluding tert-OH is 1. The number of unbranched alkanes of at least 4 members (excludes halogenated alkanes) is 35. The first-order valence-electron chi connectivity index (χ1n) is 37.7. The Morgan fingerprint density at radius 1 is 0.333 bits per heavy atom. The van der Waals surface area contributed by atoms with Crippen LogP contribution in [0.25, 0.3) is 0 Å². The first kappa shape index (κ1) is 90.5. The molecular weight excluding hydrogens is 1220 g/mol. The molecule has 0 radical (unpaired) electrons. The fraction of sp³-hybridized carbons (Fsp3) is 0.892. The number of hydrogen-bond donors (Lipinski definition) is 3. The van der Waals surface area contributed by atoms with Gasteiger partial charge in [-0.25, -0.2) is 9.13 Å². The number of phosphoric ester groups is 2. The van der Waals surface area contributed by atoms with Crippen LogP contribution in [-0.4, -0.2) is 96.7 Å². The molecule has 93 heavy (non-hydrogen) atoms. The molecule has 0 saturated carbocycles. The van der Waals surface area contributed by atoms with E-state index in [0.29, 0.717) is 37.5 Å². The number of phosphoric acid groups is 2. The van der Waals surface area contributed by atoms with E-state index in [2.05, 4.69) is 72.8 Å². The Morgan fingerprint density at radius 3 is 0.871 bits per heavy atom. The van der Waals surface area contributed by atoms with Gasteiger partial charge in [-0.1, -0.05) is 297 Å². The van der Waals surface area contributed by atoms with Crippen molar-refractivity contribution >= 4 is 39.5 Å². The van der Waals surface area contributed by atoms with E-state index in [0.717, 1.165) is 121 Å². The van der Waals surface area contributed by atoms with Crippen molar-refractivity contribution in [2.75, 3.05) is 39.6 Å². The van der Waals surface area contributed by atoms with Gasteiger partial charge in [-0.05, 0) is 69.1 Å². The molecule has 0 aromatic carbocycles. The van der Waals surface area contributed by atoms with Gasteiger partial charge < -0.3 is 33.8 Å². The molecule has 0 aromatic heterocycles. The maximum Gasteiger partial charge on any atom is 0.472 e. The summed E-state index contributed by atoms with van der Waals surface area (Å²) in [7, 11) is -9.92. The quantitative estimate of drug-likeness (QED) is 0.0169. The van der Waals surface area contributed by atoms with E-state index in [1.54, 1.807) is 0 Å². The van der Waals surface area contributed by atoms with Crippen molar-refractivity contribution in [1.29, 1.82) is 0 Å². The van der Waals surface area contributed by atoms with Crippen LogP contribution in [0.15, 0.2) is 24.3 Å². The van der Waals surface area contributed by atoms with Crippen molar-refractivity contribution in [3.63, 3.8) is 0 Å². The van der Waals surface area contributed by atoms with Gasteiger partial charge in [0.25, 0.3) is 0 Å². The van der Waals surface area contributed by atoms with Crippen LogP contribution in [0.3, 0.4) is 0 Å². The van der Waals surface area contributed by atoms with Crippen molar-refractivity contribution in [3.8, 4) is 0 Å². The van der Waals surface area contributed by atoms with Crippen molar-refractivity contribution in [2.45, 2.75) is 369 Å². The number of carbonyl (C=O) groups excluding carboxylic acids is 4. The van der Waals surface area contributed by atoms with Gasteiger partial charge in [0.05, 0.1) is 26.4 Å². The molecule has 0 aromatic rings. The number of allylic oxidation sites excluding steroid dienone is 4. The van der Waals surface area contributed by atoms with E-state index in [1.165, 1.54) is 135 Å². The van der Waals surface area contributed by atoms with Crippen LogP contribution in [-0.2, 0) is 65.4 Å². The second-order valence-corrected chi connectivity index (χ2v) is 30.3. The molecule has 17 nitrogen and oxygen atoms in total. The molecule has 0 saturated heterocycles. The lowest BCUT2D eigenvalue weighted by Gasteiger charge is -2.21. The summed E-state index contributed by atoms with van der Waals surface area (Å²) in [6.07, 6.45) is 52.5. The molecule has 3 unspecified atom stereocenters. The second-order valence-electron chi connectivity index (χ2n) is 27.4. The van der Waals surface area contributed by atoms with Gasteiger partial charge in [-0.2, -0.15) is 0 Å². The summed E-state index contributed by atoms with van der Waals surface area (Å²) < 4.78 is 68.3. The molecule has 0 amide bonds. The minimum atomic E-state index is -4.96. The van der Waals surface area contributed by atoms with E-state index in [-0.39, 0.29) is 25.7 Å². The zero-order chi connectivity index (χ0) is 68.7. The number of carbonyl (C=O) groups is 4. The normalized spacial score (nSPS) is 14.3. The molecule has 0 fully saturated rings. The van der Waals surface area contributed by atoms with Crippen LogP contribution in [0.4, 0.5) is 0 Å². The van der Waals surface area contributed by atoms with Gasteiger partial charge in [0.15, 0.2) is 12.2 Å². The molecule has 548 valence electrons. The maximum absolute atomic E-state index is 13.1. The van der Waals surface area contributed by atoms with Crippen molar-refractivity contribution in [3.05, 3.63) is 24.3 Å².